The Kier molecular flexibility index (Phi) is 6.08. The van der Waals surface area contributed by atoms with Crippen molar-refractivity contribution in [3.8, 4) is 0 Å². The van der Waals surface area contributed by atoms with E-state index in [-0.39, 0.29) is 6.42 Å². The van der Waals surface area contributed by atoms with E-state index in [4.69, 9.17) is 0 Å². The lowest BCUT2D eigenvalue weighted by molar-refractivity contribution is -0.163. The fourth-order valence-corrected chi connectivity index (χ4v) is 1.43. The number of methoxy groups -OCH3 is 2. The number of hydrazone groups is 1. The zero-order valence-corrected chi connectivity index (χ0v) is 11.5. The van der Waals surface area contributed by atoms with E-state index in [0.717, 1.165) is 0 Å². The van der Waals surface area contributed by atoms with Crippen molar-refractivity contribution >= 4 is 18.2 Å². The lowest BCUT2D eigenvalue weighted by Crippen LogP contribution is -2.43. The van der Waals surface area contributed by atoms with E-state index in [1.807, 2.05) is 0 Å². The van der Waals surface area contributed by atoms with E-state index in [1.165, 1.54) is 25.4 Å². The molecule has 0 fully saturated rings. The number of rotatable bonds is 6. The predicted octanol–water partition coefficient (Wildman–Crippen LogP) is 0.832. The molecule has 0 spiro atoms. The third-order valence-electron chi connectivity index (χ3n) is 2.19. The Morgan fingerprint density at radius 2 is 1.72 bits per heavy atom. The van der Waals surface area contributed by atoms with Gasteiger partial charge in [-0.15, -0.1) is 6.58 Å². The molecular weight excluding hydrogens is 236 g/mol. The van der Waals surface area contributed by atoms with E-state index < -0.39 is 17.4 Å². The standard InChI is InChI=1S/C12H20N2O4/c1-9(2)7-12(10(15)17-5,11(16)18-6)8-13-14(3)4/h8H,1,7H2,2-6H3/b13-8+. The van der Waals surface area contributed by atoms with Crippen LogP contribution in [0.15, 0.2) is 17.3 Å². The number of hydrogen-bond acceptors (Lipinski definition) is 6. The van der Waals surface area contributed by atoms with E-state index in [0.29, 0.717) is 5.57 Å². The predicted molar refractivity (Wildman–Crippen MR) is 68.1 cm³/mol. The SMILES string of the molecule is C=C(C)CC(/C=N/N(C)C)(C(=O)OC)C(=O)OC. The molecule has 102 valence electrons. The zero-order valence-electron chi connectivity index (χ0n) is 11.5. The Labute approximate surface area is 107 Å². The molecule has 0 N–H and O–H groups in total. The summed E-state index contributed by atoms with van der Waals surface area (Å²) in [4.78, 5) is 23.8. The minimum absolute atomic E-state index is 0.0870. The molecule has 0 atom stereocenters. The second kappa shape index (κ2) is 6.78. The Hall–Kier alpha value is -1.85. The second-order valence-electron chi connectivity index (χ2n) is 4.18. The molecule has 6 nitrogen and oxygen atoms in total. The van der Waals surface area contributed by atoms with Crippen molar-refractivity contribution in [3.63, 3.8) is 0 Å². The number of esters is 2. The summed E-state index contributed by atoms with van der Waals surface area (Å²) < 4.78 is 9.36. The maximum atomic E-state index is 11.9. The van der Waals surface area contributed by atoms with Gasteiger partial charge in [-0.2, -0.15) is 5.10 Å². The Morgan fingerprint density at radius 1 is 1.28 bits per heavy atom. The molecule has 0 amide bonds. The molecule has 0 aliphatic carbocycles. The minimum Gasteiger partial charge on any atom is -0.468 e. The molecule has 6 heteroatoms. The zero-order chi connectivity index (χ0) is 14.3. The monoisotopic (exact) mass is 256 g/mol. The molecule has 18 heavy (non-hydrogen) atoms. The van der Waals surface area contributed by atoms with Gasteiger partial charge in [0.05, 0.1) is 20.4 Å². The van der Waals surface area contributed by atoms with Gasteiger partial charge in [-0.25, -0.2) is 0 Å². The average molecular weight is 256 g/mol. The molecule has 0 aliphatic heterocycles. The quantitative estimate of drug-likeness (QED) is 0.231. The van der Waals surface area contributed by atoms with E-state index in [9.17, 15) is 9.59 Å². The van der Waals surface area contributed by atoms with Gasteiger partial charge in [0.15, 0.2) is 0 Å². The molecule has 0 aromatic heterocycles. The van der Waals surface area contributed by atoms with Crippen molar-refractivity contribution in [2.24, 2.45) is 10.5 Å². The van der Waals surface area contributed by atoms with Crippen LogP contribution in [0.3, 0.4) is 0 Å². The molecule has 0 rings (SSSR count). The highest BCUT2D eigenvalue weighted by Gasteiger charge is 2.47. The summed E-state index contributed by atoms with van der Waals surface area (Å²) in [5.74, 6) is -1.44. The van der Waals surface area contributed by atoms with Gasteiger partial charge in [0, 0.05) is 14.1 Å². The van der Waals surface area contributed by atoms with Crippen molar-refractivity contribution in [1.29, 1.82) is 0 Å². The second-order valence-corrected chi connectivity index (χ2v) is 4.18. The van der Waals surface area contributed by atoms with Crippen LogP contribution in [0.25, 0.3) is 0 Å². The van der Waals surface area contributed by atoms with Gasteiger partial charge in [-0.1, -0.05) is 5.57 Å². The molecule has 0 aliphatic rings. The Bertz CT molecular complexity index is 345. The molecule has 0 radical (unpaired) electrons. The molecule has 0 aromatic rings. The van der Waals surface area contributed by atoms with Gasteiger partial charge in [-0.3, -0.25) is 9.59 Å². The molecular formula is C12H20N2O4. The van der Waals surface area contributed by atoms with Crippen LogP contribution in [0.5, 0.6) is 0 Å². The number of carbonyl (C=O) groups is 2. The topological polar surface area (TPSA) is 68.2 Å². The lowest BCUT2D eigenvalue weighted by atomic mass is 9.83. The van der Waals surface area contributed by atoms with Crippen LogP contribution in [-0.4, -0.2) is 51.5 Å². The molecule has 0 bridgehead atoms. The van der Waals surface area contributed by atoms with Crippen LogP contribution in [0.4, 0.5) is 0 Å². The largest absolute Gasteiger partial charge is 0.468 e. The average Bonchev–Trinajstić information content (AvgIpc) is 2.31. The van der Waals surface area contributed by atoms with Crippen LogP contribution in [0, 0.1) is 5.41 Å². The van der Waals surface area contributed by atoms with Crippen molar-refractivity contribution in [2.75, 3.05) is 28.3 Å². The first-order valence-electron chi connectivity index (χ1n) is 5.33. The Morgan fingerprint density at radius 3 is 2.00 bits per heavy atom. The summed E-state index contributed by atoms with van der Waals surface area (Å²) >= 11 is 0. The summed E-state index contributed by atoms with van der Waals surface area (Å²) in [6, 6.07) is 0. The van der Waals surface area contributed by atoms with Gasteiger partial charge in [0.2, 0.25) is 5.41 Å². The van der Waals surface area contributed by atoms with E-state index in [1.54, 1.807) is 21.0 Å². The number of nitrogens with zero attached hydrogens (tertiary/aromatic N) is 2. The first-order valence-corrected chi connectivity index (χ1v) is 5.33. The number of allylic oxidation sites excluding steroid dienone is 1. The van der Waals surface area contributed by atoms with Gasteiger partial charge in [-0.05, 0) is 13.3 Å². The smallest absolute Gasteiger partial charge is 0.329 e. The van der Waals surface area contributed by atoms with Crippen molar-refractivity contribution < 1.29 is 19.1 Å². The number of ether oxygens (including phenoxy) is 2. The lowest BCUT2D eigenvalue weighted by Gasteiger charge is -2.24. The summed E-state index contributed by atoms with van der Waals surface area (Å²) in [7, 11) is 5.77. The van der Waals surface area contributed by atoms with Gasteiger partial charge in [0.25, 0.3) is 0 Å². The van der Waals surface area contributed by atoms with E-state index >= 15 is 0 Å². The fraction of sp³-hybridized carbons (Fsp3) is 0.583. The van der Waals surface area contributed by atoms with Crippen molar-refractivity contribution in [2.45, 2.75) is 13.3 Å². The number of carbonyl (C=O) groups excluding carboxylic acids is 2. The maximum Gasteiger partial charge on any atom is 0.329 e. The summed E-state index contributed by atoms with van der Waals surface area (Å²) in [5, 5.41) is 5.43. The minimum atomic E-state index is -1.58. The van der Waals surface area contributed by atoms with Gasteiger partial charge >= 0.3 is 11.9 Å². The van der Waals surface area contributed by atoms with Gasteiger partial charge in [0.1, 0.15) is 0 Å². The fourth-order valence-electron chi connectivity index (χ4n) is 1.43. The first-order chi connectivity index (χ1) is 8.30. The van der Waals surface area contributed by atoms with Crippen LogP contribution < -0.4 is 0 Å². The summed E-state index contributed by atoms with van der Waals surface area (Å²) in [6.07, 6.45) is 1.32. The Balaban J connectivity index is 5.61. The van der Waals surface area contributed by atoms with Crippen LogP contribution in [0.1, 0.15) is 13.3 Å². The highest BCUT2D eigenvalue weighted by molar-refractivity contribution is 6.14. The summed E-state index contributed by atoms with van der Waals surface area (Å²) in [6.45, 7) is 5.42. The van der Waals surface area contributed by atoms with Gasteiger partial charge < -0.3 is 14.5 Å². The van der Waals surface area contributed by atoms with Crippen LogP contribution in [0.2, 0.25) is 0 Å². The van der Waals surface area contributed by atoms with E-state index in [2.05, 4.69) is 21.2 Å². The highest BCUT2D eigenvalue weighted by atomic mass is 16.5. The highest BCUT2D eigenvalue weighted by Crippen LogP contribution is 2.27. The third kappa shape index (κ3) is 3.87. The van der Waals surface area contributed by atoms with Crippen molar-refractivity contribution in [3.05, 3.63) is 12.2 Å². The normalized spacial score (nSPS) is 11.2. The molecule has 0 saturated heterocycles. The van der Waals surface area contributed by atoms with Crippen LogP contribution in [-0.2, 0) is 19.1 Å². The molecule has 0 aromatic carbocycles. The third-order valence-corrected chi connectivity index (χ3v) is 2.19. The van der Waals surface area contributed by atoms with Crippen molar-refractivity contribution in [1.82, 2.24) is 5.01 Å². The maximum absolute atomic E-state index is 11.9. The number of hydrogen-bond donors (Lipinski definition) is 0. The molecule has 0 unspecified atom stereocenters. The first kappa shape index (κ1) is 16.1. The molecule has 0 saturated carbocycles. The van der Waals surface area contributed by atoms with Crippen LogP contribution >= 0.6 is 0 Å². The summed E-state index contributed by atoms with van der Waals surface area (Å²) in [5.41, 5.74) is -0.935. The molecule has 0 heterocycles.